The first-order chi connectivity index (χ1) is 16.2. The number of alkyl carbamates (subject to hydrolysis) is 1. The van der Waals surface area contributed by atoms with Crippen molar-refractivity contribution in [1.29, 1.82) is 0 Å². The summed E-state index contributed by atoms with van der Waals surface area (Å²) >= 11 is 0. The van der Waals surface area contributed by atoms with E-state index in [4.69, 9.17) is 9.47 Å². The van der Waals surface area contributed by atoms with Gasteiger partial charge in [-0.05, 0) is 33.0 Å². The van der Waals surface area contributed by atoms with Crippen molar-refractivity contribution in [3.8, 4) is 11.1 Å². The van der Waals surface area contributed by atoms with Crippen LogP contribution in [0, 0.1) is 0 Å². The van der Waals surface area contributed by atoms with Crippen molar-refractivity contribution in [1.82, 2.24) is 5.32 Å². The summed E-state index contributed by atoms with van der Waals surface area (Å²) in [6.45, 7) is 0.118. The molecule has 4 aromatic carbocycles. The molecule has 5 nitrogen and oxygen atoms in total. The number of benzene rings is 4. The van der Waals surface area contributed by atoms with E-state index < -0.39 is 18.1 Å². The van der Waals surface area contributed by atoms with Crippen LogP contribution in [-0.2, 0) is 27.3 Å². The van der Waals surface area contributed by atoms with E-state index in [1.807, 2.05) is 72.8 Å². The molecule has 0 fully saturated rings. The predicted molar refractivity (Wildman–Crippen MR) is 129 cm³/mol. The number of amides is 1. The van der Waals surface area contributed by atoms with Gasteiger partial charge in [-0.3, -0.25) is 0 Å². The second-order valence-electron chi connectivity index (χ2n) is 7.67. The number of carbonyl (C=O) groups is 2. The van der Waals surface area contributed by atoms with E-state index in [0.717, 1.165) is 33.0 Å². The van der Waals surface area contributed by atoms with Gasteiger partial charge in [0.1, 0.15) is 12.6 Å². The van der Waals surface area contributed by atoms with E-state index in [9.17, 15) is 9.59 Å². The van der Waals surface area contributed by atoms with Crippen molar-refractivity contribution in [2.45, 2.75) is 19.1 Å². The lowest BCUT2D eigenvalue weighted by atomic mass is 9.92. The molecule has 1 amide bonds. The molecule has 4 rings (SSSR count). The van der Waals surface area contributed by atoms with Gasteiger partial charge in [-0.1, -0.05) is 97.1 Å². The Labute approximate surface area is 193 Å². The maximum atomic E-state index is 12.5. The van der Waals surface area contributed by atoms with Gasteiger partial charge in [-0.15, -0.1) is 0 Å². The first kappa shape index (κ1) is 22.1. The molecular weight excluding hydrogens is 414 g/mol. The van der Waals surface area contributed by atoms with Gasteiger partial charge >= 0.3 is 12.1 Å². The number of nitrogens with one attached hydrogen (secondary N) is 1. The van der Waals surface area contributed by atoms with Crippen LogP contribution in [-0.4, -0.2) is 25.2 Å². The Hall–Kier alpha value is -4.12. The van der Waals surface area contributed by atoms with Gasteiger partial charge in [-0.25, -0.2) is 9.59 Å². The average molecular weight is 440 g/mol. The van der Waals surface area contributed by atoms with E-state index in [1.165, 1.54) is 7.11 Å². The molecule has 0 aliphatic rings. The molecule has 4 aromatic rings. The standard InChI is InChI=1S/C28H25NO4/c1-32-27(30)26(29-28(31)33-19-20-10-3-2-4-11-20)18-22-13-6-8-16-24(22)25-17-9-14-21-12-5-7-15-23(21)25/h2-17,26H,18-19H2,1H3,(H,29,31)/t26-/m0/s1. The highest BCUT2D eigenvalue weighted by atomic mass is 16.6. The Morgan fingerprint density at radius 1 is 0.788 bits per heavy atom. The lowest BCUT2D eigenvalue weighted by Crippen LogP contribution is -2.43. The maximum Gasteiger partial charge on any atom is 0.408 e. The number of hydrogen-bond donors (Lipinski definition) is 1. The molecular formula is C28H25NO4. The topological polar surface area (TPSA) is 64.6 Å². The van der Waals surface area contributed by atoms with Crippen molar-refractivity contribution in [2.24, 2.45) is 0 Å². The third kappa shape index (κ3) is 5.39. The zero-order chi connectivity index (χ0) is 23.0. The van der Waals surface area contributed by atoms with Gasteiger partial charge in [0.15, 0.2) is 0 Å². The Kier molecular flexibility index (Phi) is 7.00. The third-order valence-corrected chi connectivity index (χ3v) is 5.51. The van der Waals surface area contributed by atoms with Crippen LogP contribution >= 0.6 is 0 Å². The minimum Gasteiger partial charge on any atom is -0.467 e. The highest BCUT2D eigenvalue weighted by Gasteiger charge is 2.24. The monoisotopic (exact) mass is 439 g/mol. The fourth-order valence-corrected chi connectivity index (χ4v) is 3.88. The van der Waals surface area contributed by atoms with Crippen molar-refractivity contribution >= 4 is 22.8 Å². The molecule has 166 valence electrons. The number of carbonyl (C=O) groups excluding carboxylic acids is 2. The summed E-state index contributed by atoms with van der Waals surface area (Å²) in [5, 5.41) is 4.93. The van der Waals surface area contributed by atoms with Crippen molar-refractivity contribution in [3.05, 3.63) is 108 Å². The highest BCUT2D eigenvalue weighted by molar-refractivity contribution is 5.97. The van der Waals surface area contributed by atoms with E-state index in [-0.39, 0.29) is 13.0 Å². The van der Waals surface area contributed by atoms with Gasteiger partial charge in [0.2, 0.25) is 0 Å². The van der Waals surface area contributed by atoms with Crippen LogP contribution in [0.2, 0.25) is 0 Å². The van der Waals surface area contributed by atoms with Gasteiger partial charge in [-0.2, -0.15) is 0 Å². The van der Waals surface area contributed by atoms with Crippen molar-refractivity contribution in [2.75, 3.05) is 7.11 Å². The molecule has 0 bridgehead atoms. The van der Waals surface area contributed by atoms with Crippen LogP contribution < -0.4 is 5.32 Å². The number of fused-ring (bicyclic) bond motifs is 1. The molecule has 0 aliphatic heterocycles. The minimum atomic E-state index is -0.880. The summed E-state index contributed by atoms with van der Waals surface area (Å²) in [4.78, 5) is 24.9. The van der Waals surface area contributed by atoms with Crippen molar-refractivity contribution in [3.63, 3.8) is 0 Å². The largest absolute Gasteiger partial charge is 0.467 e. The van der Waals surface area contributed by atoms with Crippen LogP contribution in [0.4, 0.5) is 4.79 Å². The Morgan fingerprint density at radius 3 is 2.27 bits per heavy atom. The lowest BCUT2D eigenvalue weighted by molar-refractivity contribution is -0.143. The zero-order valence-electron chi connectivity index (χ0n) is 18.4. The maximum absolute atomic E-state index is 12.5. The fraction of sp³-hybridized carbons (Fsp3) is 0.143. The summed E-state index contributed by atoms with van der Waals surface area (Å²) < 4.78 is 10.3. The second kappa shape index (κ2) is 10.5. The average Bonchev–Trinajstić information content (AvgIpc) is 2.87. The first-order valence-corrected chi connectivity index (χ1v) is 10.8. The van der Waals surface area contributed by atoms with E-state index in [1.54, 1.807) is 0 Å². The predicted octanol–water partition coefficient (Wildman–Crippen LogP) is 5.52. The van der Waals surface area contributed by atoms with E-state index in [0.29, 0.717) is 0 Å². The summed E-state index contributed by atoms with van der Waals surface area (Å²) in [5.41, 5.74) is 3.86. The number of rotatable bonds is 7. The van der Waals surface area contributed by atoms with E-state index >= 15 is 0 Å². The molecule has 0 radical (unpaired) electrons. The molecule has 5 heteroatoms. The lowest BCUT2D eigenvalue weighted by Gasteiger charge is -2.19. The van der Waals surface area contributed by atoms with Crippen molar-refractivity contribution < 1.29 is 19.1 Å². The molecule has 0 aliphatic carbocycles. The van der Waals surface area contributed by atoms with Crippen LogP contribution in [0.3, 0.4) is 0 Å². The number of hydrogen-bond acceptors (Lipinski definition) is 4. The van der Waals surface area contributed by atoms with Gasteiger partial charge < -0.3 is 14.8 Å². The first-order valence-electron chi connectivity index (χ1n) is 10.8. The number of methoxy groups -OCH3 is 1. The summed E-state index contributed by atoms with van der Waals surface area (Å²) in [6, 6.07) is 30.7. The normalized spacial score (nSPS) is 11.5. The zero-order valence-corrected chi connectivity index (χ0v) is 18.4. The molecule has 0 saturated heterocycles. The molecule has 0 heterocycles. The van der Waals surface area contributed by atoms with Crippen LogP contribution in [0.1, 0.15) is 11.1 Å². The highest BCUT2D eigenvalue weighted by Crippen LogP contribution is 2.31. The quantitative estimate of drug-likeness (QED) is 0.385. The summed E-state index contributed by atoms with van der Waals surface area (Å²) in [5.74, 6) is -0.528. The molecule has 0 unspecified atom stereocenters. The fourth-order valence-electron chi connectivity index (χ4n) is 3.88. The SMILES string of the molecule is COC(=O)[C@H](Cc1ccccc1-c1cccc2ccccc12)NC(=O)OCc1ccccc1. The molecule has 0 saturated carbocycles. The molecule has 33 heavy (non-hydrogen) atoms. The molecule has 1 atom stereocenters. The number of ether oxygens (including phenoxy) is 2. The summed E-state index contributed by atoms with van der Waals surface area (Å²) in [7, 11) is 1.31. The Morgan fingerprint density at radius 2 is 1.45 bits per heavy atom. The van der Waals surface area contributed by atoms with Crippen LogP contribution in [0.25, 0.3) is 21.9 Å². The minimum absolute atomic E-state index is 0.118. The molecule has 1 N–H and O–H groups in total. The Bertz CT molecular complexity index is 1250. The smallest absolute Gasteiger partial charge is 0.408 e. The second-order valence-corrected chi connectivity index (χ2v) is 7.67. The summed E-state index contributed by atoms with van der Waals surface area (Å²) in [6.07, 6.45) is -0.399. The van der Waals surface area contributed by atoms with E-state index in [2.05, 4.69) is 29.6 Å². The van der Waals surface area contributed by atoms with Gasteiger partial charge in [0, 0.05) is 6.42 Å². The van der Waals surface area contributed by atoms with Gasteiger partial charge in [0.05, 0.1) is 7.11 Å². The van der Waals surface area contributed by atoms with Crippen LogP contribution in [0.15, 0.2) is 97.1 Å². The Balaban J connectivity index is 1.56. The number of esters is 1. The molecule has 0 aromatic heterocycles. The van der Waals surface area contributed by atoms with Crippen LogP contribution in [0.5, 0.6) is 0 Å². The third-order valence-electron chi connectivity index (χ3n) is 5.51. The molecule has 0 spiro atoms. The van der Waals surface area contributed by atoms with Gasteiger partial charge in [0.25, 0.3) is 0 Å².